The van der Waals surface area contributed by atoms with Crippen molar-refractivity contribution in [2.24, 2.45) is 0 Å². The lowest BCUT2D eigenvalue weighted by molar-refractivity contribution is -0.0290. The molecule has 2 saturated heterocycles. The van der Waals surface area contributed by atoms with E-state index in [-0.39, 0.29) is 42.6 Å². The van der Waals surface area contributed by atoms with E-state index < -0.39 is 0 Å². The summed E-state index contributed by atoms with van der Waals surface area (Å²) in [6.07, 6.45) is -1.09. The Hall–Kier alpha value is -0.850. The Morgan fingerprint density at radius 2 is 1.55 bits per heavy atom. The van der Waals surface area contributed by atoms with Gasteiger partial charge in [-0.3, -0.25) is 0 Å². The van der Waals surface area contributed by atoms with Crippen LogP contribution in [0.15, 0.2) is 0 Å². The number of amides is 1. The number of hydrogen-bond acceptors (Lipinski definition) is 5. The second-order valence-corrected chi connectivity index (χ2v) is 5.89. The Morgan fingerprint density at radius 1 is 1.05 bits per heavy atom. The van der Waals surface area contributed by atoms with E-state index in [1.54, 1.807) is 12.0 Å². The van der Waals surface area contributed by atoms with Gasteiger partial charge >= 0.3 is 6.09 Å². The number of nitrogens with zero attached hydrogens (tertiary/aromatic N) is 1. The fourth-order valence-electron chi connectivity index (χ4n) is 2.94. The topological polar surface area (TPSA) is 57.2 Å². The first kappa shape index (κ1) is 15.5. The molecule has 20 heavy (non-hydrogen) atoms. The fraction of sp³-hybridized carbons (Fsp3) is 0.929. The molecule has 2 heterocycles. The maximum atomic E-state index is 12.3. The van der Waals surface area contributed by atoms with Crippen molar-refractivity contribution < 1.29 is 23.7 Å². The van der Waals surface area contributed by atoms with E-state index in [2.05, 4.69) is 0 Å². The van der Waals surface area contributed by atoms with Gasteiger partial charge in [0.2, 0.25) is 0 Å². The van der Waals surface area contributed by atoms with E-state index >= 15 is 0 Å². The molecular weight excluding hydrogens is 262 g/mol. The van der Waals surface area contributed by atoms with Crippen molar-refractivity contribution in [1.29, 1.82) is 0 Å². The monoisotopic (exact) mass is 287 g/mol. The summed E-state index contributed by atoms with van der Waals surface area (Å²) in [6, 6.07) is 0.189. The lowest BCUT2D eigenvalue weighted by Crippen LogP contribution is -2.45. The minimum absolute atomic E-state index is 0.0741. The summed E-state index contributed by atoms with van der Waals surface area (Å²) in [5.41, 5.74) is 0. The van der Waals surface area contributed by atoms with Crippen LogP contribution in [-0.4, -0.2) is 67.8 Å². The van der Waals surface area contributed by atoms with Gasteiger partial charge in [0, 0.05) is 19.2 Å². The molecule has 2 rings (SSSR count). The van der Waals surface area contributed by atoms with Crippen molar-refractivity contribution in [3.8, 4) is 0 Å². The molecule has 0 spiro atoms. The van der Waals surface area contributed by atoms with Gasteiger partial charge < -0.3 is 23.8 Å². The van der Waals surface area contributed by atoms with E-state index in [4.69, 9.17) is 18.9 Å². The van der Waals surface area contributed by atoms with Crippen molar-refractivity contribution in [1.82, 2.24) is 4.90 Å². The highest BCUT2D eigenvalue weighted by atomic mass is 16.7. The molecule has 2 unspecified atom stereocenters. The normalized spacial score (nSPS) is 32.8. The van der Waals surface area contributed by atoms with Crippen LogP contribution >= 0.6 is 0 Å². The third kappa shape index (κ3) is 2.92. The molecule has 116 valence electrons. The number of carbonyl (C=O) groups excluding carboxylic acids is 1. The van der Waals surface area contributed by atoms with Crippen molar-refractivity contribution in [3.63, 3.8) is 0 Å². The smallest absolute Gasteiger partial charge is 0.410 e. The van der Waals surface area contributed by atoms with Crippen LogP contribution in [0.2, 0.25) is 0 Å². The maximum Gasteiger partial charge on any atom is 0.410 e. The summed E-state index contributed by atoms with van der Waals surface area (Å²) in [5, 5.41) is 0. The van der Waals surface area contributed by atoms with Crippen molar-refractivity contribution in [3.05, 3.63) is 0 Å². The first-order chi connectivity index (χ1) is 9.45. The van der Waals surface area contributed by atoms with E-state index in [0.717, 1.165) is 0 Å². The number of ether oxygens (including phenoxy) is 4. The van der Waals surface area contributed by atoms with Crippen LogP contribution in [0.25, 0.3) is 0 Å². The van der Waals surface area contributed by atoms with Gasteiger partial charge in [-0.1, -0.05) is 0 Å². The number of carbonyl (C=O) groups is 1. The summed E-state index contributed by atoms with van der Waals surface area (Å²) < 4.78 is 22.2. The molecule has 0 aromatic heterocycles. The van der Waals surface area contributed by atoms with Gasteiger partial charge in [0.25, 0.3) is 0 Å². The second-order valence-electron chi connectivity index (χ2n) is 5.89. The van der Waals surface area contributed by atoms with E-state index in [0.29, 0.717) is 13.2 Å². The molecule has 6 heteroatoms. The average Bonchev–Trinajstić information content (AvgIpc) is 2.90. The van der Waals surface area contributed by atoms with Crippen LogP contribution in [0.5, 0.6) is 0 Å². The number of rotatable bonds is 4. The lowest BCUT2D eigenvalue weighted by Gasteiger charge is -2.31. The highest BCUT2D eigenvalue weighted by Gasteiger charge is 2.50. The number of fused-ring (bicyclic) bond motifs is 1. The molecule has 2 fully saturated rings. The van der Waals surface area contributed by atoms with Crippen molar-refractivity contribution in [2.45, 2.75) is 64.2 Å². The maximum absolute atomic E-state index is 12.3. The predicted molar refractivity (Wildman–Crippen MR) is 72.7 cm³/mol. The third-order valence-electron chi connectivity index (χ3n) is 3.84. The van der Waals surface area contributed by atoms with Crippen LogP contribution < -0.4 is 0 Å². The Labute approximate surface area is 120 Å². The zero-order valence-electron chi connectivity index (χ0n) is 12.9. The standard InChI is InChI=1S/C14H25NO5/c1-8(2)15(9(3)4)14(16)20-11-7-19-12-10(17-5)6-18-13(11)12/h8-13H,6-7H2,1-5H3/t10-,11+,12?,13?/m0/s1. The average molecular weight is 287 g/mol. The molecule has 4 atom stereocenters. The Morgan fingerprint density at radius 3 is 2.05 bits per heavy atom. The van der Waals surface area contributed by atoms with Crippen LogP contribution in [-0.2, 0) is 18.9 Å². The molecule has 2 aliphatic heterocycles. The summed E-state index contributed by atoms with van der Waals surface area (Å²) in [7, 11) is 1.64. The van der Waals surface area contributed by atoms with Crippen LogP contribution in [0.4, 0.5) is 4.79 Å². The highest BCUT2D eigenvalue weighted by Crippen LogP contribution is 2.30. The summed E-state index contributed by atoms with van der Waals surface area (Å²) >= 11 is 0. The van der Waals surface area contributed by atoms with Crippen molar-refractivity contribution in [2.75, 3.05) is 20.3 Å². The molecule has 0 bridgehead atoms. The molecule has 0 aliphatic carbocycles. The van der Waals surface area contributed by atoms with Gasteiger partial charge in [-0.2, -0.15) is 0 Å². The zero-order valence-corrected chi connectivity index (χ0v) is 12.9. The van der Waals surface area contributed by atoms with E-state index in [1.807, 2.05) is 27.7 Å². The number of hydrogen-bond donors (Lipinski definition) is 0. The van der Waals surface area contributed by atoms with Gasteiger partial charge in [-0.25, -0.2) is 4.79 Å². The Bertz CT molecular complexity index is 338. The molecule has 0 N–H and O–H groups in total. The van der Waals surface area contributed by atoms with E-state index in [1.165, 1.54) is 0 Å². The van der Waals surface area contributed by atoms with Crippen LogP contribution in [0.1, 0.15) is 27.7 Å². The fourth-order valence-corrected chi connectivity index (χ4v) is 2.94. The summed E-state index contributed by atoms with van der Waals surface area (Å²) in [4.78, 5) is 14.0. The zero-order chi connectivity index (χ0) is 14.9. The van der Waals surface area contributed by atoms with E-state index in [9.17, 15) is 4.79 Å². The van der Waals surface area contributed by atoms with Gasteiger partial charge in [0.1, 0.15) is 18.3 Å². The predicted octanol–water partition coefficient (Wildman–Crippen LogP) is 1.42. The van der Waals surface area contributed by atoms with Crippen LogP contribution in [0.3, 0.4) is 0 Å². The molecule has 0 saturated carbocycles. The minimum atomic E-state index is -0.354. The second kappa shape index (κ2) is 6.28. The van der Waals surface area contributed by atoms with Gasteiger partial charge in [-0.05, 0) is 27.7 Å². The van der Waals surface area contributed by atoms with Crippen molar-refractivity contribution >= 4 is 6.09 Å². The van der Waals surface area contributed by atoms with Gasteiger partial charge in [0.15, 0.2) is 6.10 Å². The highest BCUT2D eigenvalue weighted by molar-refractivity contribution is 5.68. The first-order valence-corrected chi connectivity index (χ1v) is 7.20. The minimum Gasteiger partial charge on any atom is -0.441 e. The molecule has 2 aliphatic rings. The number of methoxy groups -OCH3 is 1. The van der Waals surface area contributed by atoms with Gasteiger partial charge in [0.05, 0.1) is 13.2 Å². The first-order valence-electron chi connectivity index (χ1n) is 7.20. The summed E-state index contributed by atoms with van der Waals surface area (Å²) in [5.74, 6) is 0. The molecule has 0 aromatic carbocycles. The SMILES string of the molecule is CO[C@H]1COC2C1OC[C@H]2OC(=O)N(C(C)C)C(C)C. The summed E-state index contributed by atoms with van der Waals surface area (Å²) in [6.45, 7) is 8.75. The molecule has 1 amide bonds. The Kier molecular flexibility index (Phi) is 4.88. The van der Waals surface area contributed by atoms with Gasteiger partial charge in [-0.15, -0.1) is 0 Å². The molecule has 6 nitrogen and oxygen atoms in total. The largest absolute Gasteiger partial charge is 0.441 e. The quantitative estimate of drug-likeness (QED) is 0.783. The molecule has 0 radical (unpaired) electrons. The Balaban J connectivity index is 1.96. The molecular formula is C14H25NO5. The lowest BCUT2D eigenvalue weighted by atomic mass is 10.1. The molecule has 0 aromatic rings. The third-order valence-corrected chi connectivity index (χ3v) is 3.84. The van der Waals surface area contributed by atoms with Crippen LogP contribution in [0, 0.1) is 0 Å².